The van der Waals surface area contributed by atoms with Gasteiger partial charge < -0.3 is 18.9 Å². The van der Waals surface area contributed by atoms with Crippen molar-refractivity contribution in [3.63, 3.8) is 0 Å². The first-order chi connectivity index (χ1) is 7.58. The van der Waals surface area contributed by atoms with Crippen molar-refractivity contribution in [3.05, 3.63) is 0 Å². The van der Waals surface area contributed by atoms with Crippen molar-refractivity contribution >= 4 is 11.9 Å². The summed E-state index contributed by atoms with van der Waals surface area (Å²) in [5.41, 5.74) is 0. The van der Waals surface area contributed by atoms with Crippen LogP contribution in [0.1, 0.15) is 13.8 Å². The SMILES string of the molecule is CC(=O)OCC1COC(COC(C)=O)CO1.[Hg]. The van der Waals surface area contributed by atoms with E-state index in [0.29, 0.717) is 13.2 Å². The topological polar surface area (TPSA) is 71.1 Å². The predicted molar refractivity (Wildman–Crippen MR) is 52.7 cm³/mol. The van der Waals surface area contributed by atoms with Crippen LogP contribution in [0.5, 0.6) is 0 Å². The molecule has 0 saturated carbocycles. The Hall–Kier alpha value is -0.205. The Bertz CT molecular complexity index is 223. The molecule has 6 nitrogen and oxygen atoms in total. The fraction of sp³-hybridized carbons (Fsp3) is 0.800. The van der Waals surface area contributed by atoms with Crippen molar-refractivity contribution in [1.82, 2.24) is 0 Å². The van der Waals surface area contributed by atoms with Crippen molar-refractivity contribution in [2.24, 2.45) is 0 Å². The molecular weight excluding hydrogens is 417 g/mol. The van der Waals surface area contributed by atoms with E-state index < -0.39 is 0 Å². The van der Waals surface area contributed by atoms with Crippen LogP contribution in [-0.2, 0) is 56.2 Å². The van der Waals surface area contributed by atoms with Crippen molar-refractivity contribution in [2.75, 3.05) is 26.4 Å². The minimum absolute atomic E-state index is 0. The fourth-order valence-corrected chi connectivity index (χ4v) is 1.20. The molecule has 1 heterocycles. The summed E-state index contributed by atoms with van der Waals surface area (Å²) in [5.74, 6) is -0.684. The minimum atomic E-state index is -0.342. The second-order valence-corrected chi connectivity index (χ2v) is 3.52. The monoisotopic (exact) mass is 434 g/mol. The van der Waals surface area contributed by atoms with Crippen molar-refractivity contribution in [1.29, 1.82) is 0 Å². The van der Waals surface area contributed by atoms with Gasteiger partial charge in [0.05, 0.1) is 13.2 Å². The van der Waals surface area contributed by atoms with Gasteiger partial charge in [-0.05, 0) is 0 Å². The van der Waals surface area contributed by atoms with Crippen molar-refractivity contribution < 1.29 is 56.2 Å². The molecule has 0 radical (unpaired) electrons. The molecule has 0 N–H and O–H groups in total. The largest absolute Gasteiger partial charge is 0.463 e. The van der Waals surface area contributed by atoms with Crippen LogP contribution in [0.25, 0.3) is 0 Å². The summed E-state index contributed by atoms with van der Waals surface area (Å²) in [6, 6.07) is 0. The molecule has 0 aliphatic carbocycles. The van der Waals surface area contributed by atoms with E-state index in [1.54, 1.807) is 0 Å². The van der Waals surface area contributed by atoms with Gasteiger partial charge in [0.1, 0.15) is 25.4 Å². The third-order valence-electron chi connectivity index (χ3n) is 1.98. The molecule has 0 bridgehead atoms. The van der Waals surface area contributed by atoms with E-state index in [1.165, 1.54) is 13.8 Å². The number of ether oxygens (including phenoxy) is 4. The van der Waals surface area contributed by atoms with Crippen molar-refractivity contribution in [2.45, 2.75) is 26.1 Å². The number of hydrogen-bond acceptors (Lipinski definition) is 6. The van der Waals surface area contributed by atoms with Crippen LogP contribution in [0.2, 0.25) is 0 Å². The Kier molecular flexibility index (Phi) is 8.72. The molecule has 17 heavy (non-hydrogen) atoms. The summed E-state index contributed by atoms with van der Waals surface area (Å²) in [7, 11) is 0. The molecule has 7 heteroatoms. The van der Waals surface area contributed by atoms with Crippen LogP contribution < -0.4 is 0 Å². The molecule has 0 aromatic carbocycles. The van der Waals surface area contributed by atoms with Gasteiger partial charge >= 0.3 is 11.9 Å². The Morgan fingerprint density at radius 1 is 1.00 bits per heavy atom. The van der Waals surface area contributed by atoms with Gasteiger partial charge in [-0.2, -0.15) is 0 Å². The van der Waals surface area contributed by atoms with Gasteiger partial charge in [0.25, 0.3) is 0 Å². The summed E-state index contributed by atoms with van der Waals surface area (Å²) in [6.07, 6.45) is -0.477. The van der Waals surface area contributed by atoms with E-state index in [1.807, 2.05) is 0 Å². The average molecular weight is 433 g/mol. The van der Waals surface area contributed by atoms with Gasteiger partial charge in [0.2, 0.25) is 0 Å². The summed E-state index contributed by atoms with van der Waals surface area (Å²) < 4.78 is 20.3. The van der Waals surface area contributed by atoms with E-state index in [9.17, 15) is 9.59 Å². The molecule has 0 aromatic rings. The van der Waals surface area contributed by atoms with E-state index in [2.05, 4.69) is 0 Å². The molecular formula is C10H16HgO6. The van der Waals surface area contributed by atoms with Gasteiger partial charge in [-0.25, -0.2) is 0 Å². The van der Waals surface area contributed by atoms with Crippen LogP contribution in [-0.4, -0.2) is 50.6 Å². The fourth-order valence-electron chi connectivity index (χ4n) is 1.20. The molecule has 2 unspecified atom stereocenters. The number of carbonyl (C=O) groups excluding carboxylic acids is 2. The predicted octanol–water partition coefficient (Wildman–Crippen LogP) is -0.106. The number of carbonyl (C=O) groups is 2. The second kappa shape index (κ2) is 8.82. The maximum atomic E-state index is 10.6. The minimum Gasteiger partial charge on any atom is -0.463 e. The molecule has 1 aliphatic heterocycles. The zero-order valence-electron chi connectivity index (χ0n) is 10.1. The number of esters is 2. The third-order valence-corrected chi connectivity index (χ3v) is 1.98. The van der Waals surface area contributed by atoms with Gasteiger partial charge in [-0.15, -0.1) is 0 Å². The Morgan fingerprint density at radius 2 is 1.35 bits per heavy atom. The average Bonchev–Trinajstić information content (AvgIpc) is 2.25. The Morgan fingerprint density at radius 3 is 1.59 bits per heavy atom. The van der Waals surface area contributed by atoms with Gasteiger partial charge in [0.15, 0.2) is 0 Å². The van der Waals surface area contributed by atoms with Crippen LogP contribution in [0, 0.1) is 0 Å². The van der Waals surface area contributed by atoms with Gasteiger partial charge in [0, 0.05) is 41.5 Å². The Labute approximate surface area is 120 Å². The summed E-state index contributed by atoms with van der Waals surface area (Å²) in [5, 5.41) is 0. The van der Waals surface area contributed by atoms with Crippen LogP contribution in [0.4, 0.5) is 0 Å². The Balaban J connectivity index is 0.00000256. The maximum Gasteiger partial charge on any atom is 0.302 e. The molecule has 94 valence electrons. The van der Waals surface area contributed by atoms with E-state index >= 15 is 0 Å². The zero-order valence-corrected chi connectivity index (χ0v) is 15.6. The van der Waals surface area contributed by atoms with E-state index in [4.69, 9.17) is 18.9 Å². The van der Waals surface area contributed by atoms with E-state index in [-0.39, 0.29) is 65.0 Å². The van der Waals surface area contributed by atoms with E-state index in [0.717, 1.165) is 0 Å². The summed E-state index contributed by atoms with van der Waals surface area (Å²) in [4.78, 5) is 21.1. The first-order valence-corrected chi connectivity index (χ1v) is 5.08. The summed E-state index contributed by atoms with van der Waals surface area (Å²) in [6.45, 7) is 3.73. The molecule has 2 atom stereocenters. The zero-order chi connectivity index (χ0) is 12.0. The second-order valence-electron chi connectivity index (χ2n) is 3.52. The number of hydrogen-bond donors (Lipinski definition) is 0. The van der Waals surface area contributed by atoms with Gasteiger partial charge in [-0.3, -0.25) is 9.59 Å². The molecule has 0 aromatic heterocycles. The molecule has 1 fully saturated rings. The molecule has 0 spiro atoms. The maximum absolute atomic E-state index is 10.6. The van der Waals surface area contributed by atoms with Crippen LogP contribution in [0.3, 0.4) is 0 Å². The normalized spacial score (nSPS) is 23.4. The first kappa shape index (κ1) is 16.8. The van der Waals surface area contributed by atoms with Gasteiger partial charge in [-0.1, -0.05) is 0 Å². The van der Waals surface area contributed by atoms with Crippen molar-refractivity contribution in [3.8, 4) is 0 Å². The molecule has 1 saturated heterocycles. The quantitative estimate of drug-likeness (QED) is 0.456. The molecule has 1 rings (SSSR count). The smallest absolute Gasteiger partial charge is 0.302 e. The third kappa shape index (κ3) is 7.67. The standard InChI is InChI=1S/C10H16O6.Hg/c1-7(11)13-3-9-5-16-10(6-15-9)4-14-8(2)12;/h9-10H,3-6H2,1-2H3;. The van der Waals surface area contributed by atoms with Crippen LogP contribution in [0.15, 0.2) is 0 Å². The molecule has 1 aliphatic rings. The number of rotatable bonds is 4. The first-order valence-electron chi connectivity index (χ1n) is 5.08. The molecule has 0 amide bonds. The van der Waals surface area contributed by atoms with Crippen LogP contribution >= 0.6 is 0 Å². The summed E-state index contributed by atoms with van der Waals surface area (Å²) >= 11 is 0.